The third-order valence-electron chi connectivity index (χ3n) is 3.27. The molecule has 0 amide bonds. The summed E-state index contributed by atoms with van der Waals surface area (Å²) in [6.45, 7) is 0. The zero-order chi connectivity index (χ0) is 13.1. The Morgan fingerprint density at radius 3 is 2.72 bits per heavy atom. The van der Waals surface area contributed by atoms with Crippen molar-refractivity contribution in [2.75, 3.05) is 0 Å². The first-order valence-electron chi connectivity index (χ1n) is 6.00. The summed E-state index contributed by atoms with van der Waals surface area (Å²) in [7, 11) is 0. The summed E-state index contributed by atoms with van der Waals surface area (Å²) in [5.74, 6) is 0.208. The number of hydrogen-bond donors (Lipinski definition) is 1. The lowest BCUT2D eigenvalue weighted by molar-refractivity contribution is 0.0867. The van der Waals surface area contributed by atoms with Crippen molar-refractivity contribution in [2.24, 2.45) is 5.92 Å². The predicted octanol–water partition coefficient (Wildman–Crippen LogP) is 1.30. The molecule has 1 N–H and O–H groups in total. The monoisotopic (exact) mass is 315 g/mol. The first kappa shape index (κ1) is 13.2. The fourth-order valence-electron chi connectivity index (χ4n) is 2.28. The molecule has 1 fully saturated rings. The number of nitrogens with one attached hydrogen (secondary N) is 1. The molecule has 0 spiro atoms. The molecule has 98 valence electrons. The van der Waals surface area contributed by atoms with Gasteiger partial charge in [-0.25, -0.2) is 4.79 Å². The van der Waals surface area contributed by atoms with Gasteiger partial charge in [0.25, 0.3) is 11.5 Å². The highest BCUT2D eigenvalue weighted by molar-refractivity contribution is 9.10. The molecule has 1 aromatic rings. The molecule has 0 unspecified atom stereocenters. The zero-order valence-electron chi connectivity index (χ0n) is 9.82. The van der Waals surface area contributed by atoms with E-state index in [9.17, 15) is 14.4 Å². The number of nitrogens with zero attached hydrogens (tertiary/aromatic N) is 2. The molecule has 2 rings (SSSR count). The Morgan fingerprint density at radius 1 is 1.39 bits per heavy atom. The predicted molar refractivity (Wildman–Crippen MR) is 68.6 cm³/mol. The van der Waals surface area contributed by atoms with Gasteiger partial charge in [-0.05, 0) is 28.3 Å². The molecule has 1 aliphatic carbocycles. The van der Waals surface area contributed by atoms with Crippen LogP contribution in [0, 0.1) is 5.92 Å². The van der Waals surface area contributed by atoms with Crippen LogP contribution in [0.1, 0.15) is 43.3 Å². The van der Waals surface area contributed by atoms with Crippen molar-refractivity contribution in [1.82, 2.24) is 14.8 Å². The summed E-state index contributed by atoms with van der Waals surface area (Å²) in [6.07, 6.45) is 5.83. The van der Waals surface area contributed by atoms with Crippen LogP contribution in [0.4, 0.5) is 0 Å². The van der Waals surface area contributed by atoms with Crippen molar-refractivity contribution in [2.45, 2.75) is 38.5 Å². The maximum atomic E-state index is 11.8. The molecule has 0 atom stereocenters. The van der Waals surface area contributed by atoms with E-state index in [1.165, 1.54) is 12.8 Å². The smallest absolute Gasteiger partial charge is 0.272 e. The van der Waals surface area contributed by atoms with E-state index in [1.807, 2.05) is 4.98 Å². The Kier molecular flexibility index (Phi) is 4.11. The fraction of sp³-hybridized carbons (Fsp3) is 0.636. The van der Waals surface area contributed by atoms with Gasteiger partial charge < -0.3 is 0 Å². The second-order valence-electron chi connectivity index (χ2n) is 4.54. The van der Waals surface area contributed by atoms with E-state index in [0.717, 1.165) is 23.9 Å². The second kappa shape index (κ2) is 5.60. The van der Waals surface area contributed by atoms with Gasteiger partial charge in [0.15, 0.2) is 4.60 Å². The molecule has 1 saturated carbocycles. The standard InChI is InChI=1S/C11H14BrN3O3/c12-9-10(17)13-11(18)15(14-9)8(16)6-5-7-3-1-2-4-7/h7H,1-6H2,(H,13,17,18). The first-order valence-corrected chi connectivity index (χ1v) is 6.79. The Labute approximate surface area is 112 Å². The lowest BCUT2D eigenvalue weighted by Gasteiger charge is -2.07. The van der Waals surface area contributed by atoms with Gasteiger partial charge in [0.05, 0.1) is 0 Å². The number of halogens is 1. The molecule has 7 heteroatoms. The van der Waals surface area contributed by atoms with Crippen molar-refractivity contribution in [3.8, 4) is 0 Å². The largest absolute Gasteiger partial charge is 0.352 e. The number of hydrogen-bond acceptors (Lipinski definition) is 4. The van der Waals surface area contributed by atoms with E-state index >= 15 is 0 Å². The van der Waals surface area contributed by atoms with E-state index < -0.39 is 11.2 Å². The van der Waals surface area contributed by atoms with Gasteiger partial charge in [-0.1, -0.05) is 25.7 Å². The highest BCUT2D eigenvalue weighted by atomic mass is 79.9. The number of carbonyl (C=O) groups excluding carboxylic acids is 1. The van der Waals surface area contributed by atoms with Gasteiger partial charge in [-0.2, -0.15) is 0 Å². The van der Waals surface area contributed by atoms with Gasteiger partial charge in [0.1, 0.15) is 0 Å². The van der Waals surface area contributed by atoms with Crippen molar-refractivity contribution < 1.29 is 4.79 Å². The molecule has 0 radical (unpaired) electrons. The number of aromatic amines is 1. The number of rotatable bonds is 3. The maximum absolute atomic E-state index is 11.8. The average molecular weight is 316 g/mol. The van der Waals surface area contributed by atoms with Crippen LogP contribution < -0.4 is 11.2 Å². The summed E-state index contributed by atoms with van der Waals surface area (Å²) in [6, 6.07) is 0. The summed E-state index contributed by atoms with van der Waals surface area (Å²) >= 11 is 2.90. The molecule has 6 nitrogen and oxygen atoms in total. The molecular formula is C11H14BrN3O3. The van der Waals surface area contributed by atoms with E-state index in [4.69, 9.17) is 0 Å². The fourth-order valence-corrected chi connectivity index (χ4v) is 2.54. The van der Waals surface area contributed by atoms with Crippen LogP contribution in [0.2, 0.25) is 0 Å². The Morgan fingerprint density at radius 2 is 2.06 bits per heavy atom. The van der Waals surface area contributed by atoms with Crippen LogP contribution in [0.15, 0.2) is 14.2 Å². The first-order chi connectivity index (χ1) is 8.58. The SMILES string of the molecule is O=C(CCC1CCCC1)n1nc(Br)c(=O)[nH]c1=O. The number of carbonyl (C=O) groups is 1. The van der Waals surface area contributed by atoms with Gasteiger partial charge in [0, 0.05) is 6.42 Å². The Balaban J connectivity index is 2.06. The van der Waals surface area contributed by atoms with E-state index in [-0.39, 0.29) is 16.9 Å². The van der Waals surface area contributed by atoms with Crippen LogP contribution in [0.5, 0.6) is 0 Å². The molecule has 1 heterocycles. The second-order valence-corrected chi connectivity index (χ2v) is 5.30. The van der Waals surface area contributed by atoms with Gasteiger partial charge >= 0.3 is 5.69 Å². The minimum absolute atomic E-state index is 0.0590. The highest BCUT2D eigenvalue weighted by Crippen LogP contribution is 2.28. The van der Waals surface area contributed by atoms with Gasteiger partial charge in [-0.3, -0.25) is 14.6 Å². The lowest BCUT2D eigenvalue weighted by atomic mass is 10.0. The molecule has 1 aromatic heterocycles. The molecular weight excluding hydrogens is 302 g/mol. The van der Waals surface area contributed by atoms with E-state index in [0.29, 0.717) is 5.92 Å². The summed E-state index contributed by atoms with van der Waals surface area (Å²) in [5, 5.41) is 3.64. The van der Waals surface area contributed by atoms with Crippen LogP contribution in [-0.4, -0.2) is 20.7 Å². The van der Waals surface area contributed by atoms with Crippen LogP contribution >= 0.6 is 15.9 Å². The lowest BCUT2D eigenvalue weighted by Crippen LogP contribution is -2.36. The zero-order valence-corrected chi connectivity index (χ0v) is 11.4. The van der Waals surface area contributed by atoms with Crippen LogP contribution in [0.3, 0.4) is 0 Å². The molecule has 0 aromatic carbocycles. The summed E-state index contributed by atoms with van der Waals surface area (Å²) in [5.41, 5.74) is -1.40. The quantitative estimate of drug-likeness (QED) is 0.911. The minimum atomic E-state index is -0.778. The summed E-state index contributed by atoms with van der Waals surface area (Å²) < 4.78 is 0.664. The molecule has 18 heavy (non-hydrogen) atoms. The van der Waals surface area contributed by atoms with E-state index in [2.05, 4.69) is 21.0 Å². The van der Waals surface area contributed by atoms with E-state index in [1.54, 1.807) is 0 Å². The molecule has 0 aliphatic heterocycles. The Hall–Kier alpha value is -1.24. The van der Waals surface area contributed by atoms with Gasteiger partial charge in [0.2, 0.25) is 0 Å². The van der Waals surface area contributed by atoms with Gasteiger partial charge in [-0.15, -0.1) is 9.78 Å². The van der Waals surface area contributed by atoms with Crippen LogP contribution in [0.25, 0.3) is 0 Å². The minimum Gasteiger partial charge on any atom is -0.272 e. The maximum Gasteiger partial charge on any atom is 0.352 e. The van der Waals surface area contributed by atoms with Crippen molar-refractivity contribution in [3.05, 3.63) is 25.4 Å². The van der Waals surface area contributed by atoms with Crippen molar-refractivity contribution in [1.29, 1.82) is 0 Å². The third kappa shape index (κ3) is 2.95. The number of H-pyrrole nitrogens is 1. The molecule has 0 saturated heterocycles. The average Bonchev–Trinajstić information content (AvgIpc) is 2.84. The highest BCUT2D eigenvalue weighted by Gasteiger charge is 2.18. The Bertz CT molecular complexity index is 557. The summed E-state index contributed by atoms with van der Waals surface area (Å²) in [4.78, 5) is 36.4. The normalized spacial score (nSPS) is 16.1. The third-order valence-corrected chi connectivity index (χ3v) is 3.78. The molecule has 1 aliphatic rings. The van der Waals surface area contributed by atoms with Crippen molar-refractivity contribution in [3.63, 3.8) is 0 Å². The topological polar surface area (TPSA) is 84.8 Å². The van der Waals surface area contributed by atoms with Crippen molar-refractivity contribution >= 4 is 21.8 Å². The van der Waals surface area contributed by atoms with Crippen LogP contribution in [-0.2, 0) is 0 Å². The molecule has 0 bridgehead atoms. The number of aromatic nitrogens is 3.